The van der Waals surface area contributed by atoms with Gasteiger partial charge < -0.3 is 15.8 Å². The van der Waals surface area contributed by atoms with Crippen LogP contribution in [0.25, 0.3) is 0 Å². The topological polar surface area (TPSA) is 82.2 Å². The Balaban J connectivity index is 2.11. The van der Waals surface area contributed by atoms with Crippen molar-refractivity contribution >= 4 is 5.91 Å². The van der Waals surface area contributed by atoms with Gasteiger partial charge in [0.25, 0.3) is 0 Å². The van der Waals surface area contributed by atoms with Crippen LogP contribution in [0.5, 0.6) is 0 Å². The van der Waals surface area contributed by atoms with Crippen molar-refractivity contribution in [3.05, 3.63) is 17.5 Å². The van der Waals surface area contributed by atoms with Crippen molar-refractivity contribution in [3.8, 4) is 0 Å². The first-order valence-electron chi connectivity index (χ1n) is 5.16. The van der Waals surface area contributed by atoms with Crippen LogP contribution in [-0.4, -0.2) is 35.4 Å². The van der Waals surface area contributed by atoms with Gasteiger partial charge in [0.05, 0.1) is 18.0 Å². The number of nitrogens with one attached hydrogen (secondary N) is 1. The number of hydrogen-bond acceptors (Lipinski definition) is 4. The molecule has 0 aliphatic rings. The highest BCUT2D eigenvalue weighted by atomic mass is 16.5. The quantitative estimate of drug-likeness (QED) is 0.603. The molecule has 0 unspecified atom stereocenters. The summed E-state index contributed by atoms with van der Waals surface area (Å²) < 4.78 is 6.85. The third-order valence-electron chi connectivity index (χ3n) is 2.07. The van der Waals surface area contributed by atoms with E-state index >= 15 is 0 Å². The first kappa shape index (κ1) is 12.7. The van der Waals surface area contributed by atoms with Gasteiger partial charge in [-0.1, -0.05) is 0 Å². The Labute approximate surface area is 94.8 Å². The van der Waals surface area contributed by atoms with Gasteiger partial charge in [0.2, 0.25) is 5.91 Å². The smallest absolute Gasteiger partial charge is 0.243 e. The summed E-state index contributed by atoms with van der Waals surface area (Å²) in [5.41, 5.74) is 7.05. The lowest BCUT2D eigenvalue weighted by molar-refractivity contribution is -0.122. The number of nitrogens with zero attached hydrogens (tertiary/aromatic N) is 2. The zero-order valence-corrected chi connectivity index (χ0v) is 9.69. The van der Waals surface area contributed by atoms with Gasteiger partial charge in [-0.05, 0) is 13.0 Å². The molecule has 0 aliphatic heterocycles. The number of ether oxygens (including phenoxy) is 1. The molecule has 0 saturated carbocycles. The van der Waals surface area contributed by atoms with Crippen LogP contribution < -0.4 is 11.1 Å². The van der Waals surface area contributed by atoms with E-state index in [2.05, 4.69) is 10.4 Å². The molecule has 1 aromatic heterocycles. The molecule has 1 heterocycles. The van der Waals surface area contributed by atoms with Gasteiger partial charge in [0.15, 0.2) is 0 Å². The predicted octanol–water partition coefficient (Wildman–Crippen LogP) is -0.680. The molecule has 0 radical (unpaired) electrons. The number of carbonyl (C=O) groups excluding carboxylic acids is 1. The van der Waals surface area contributed by atoms with E-state index in [4.69, 9.17) is 10.5 Å². The van der Waals surface area contributed by atoms with Crippen molar-refractivity contribution in [2.24, 2.45) is 12.8 Å². The fraction of sp³-hybridized carbons (Fsp3) is 0.600. The largest absolute Gasteiger partial charge is 0.370 e. The van der Waals surface area contributed by atoms with Crippen LogP contribution >= 0.6 is 0 Å². The Kier molecular flexibility index (Phi) is 4.94. The highest BCUT2D eigenvalue weighted by Gasteiger charge is 2.00. The van der Waals surface area contributed by atoms with Gasteiger partial charge in [-0.25, -0.2) is 0 Å². The molecule has 3 N–H and O–H groups in total. The lowest BCUT2D eigenvalue weighted by atomic mass is 10.3. The van der Waals surface area contributed by atoms with Gasteiger partial charge in [-0.15, -0.1) is 0 Å². The minimum atomic E-state index is -0.442. The number of rotatable bonds is 7. The summed E-state index contributed by atoms with van der Waals surface area (Å²) in [5.74, 6) is -0.442. The second kappa shape index (κ2) is 6.24. The lowest BCUT2D eigenvalue weighted by Crippen LogP contribution is -2.24. The number of amides is 1. The van der Waals surface area contributed by atoms with Gasteiger partial charge in [0, 0.05) is 20.1 Å². The van der Waals surface area contributed by atoms with Crippen LogP contribution in [0, 0.1) is 6.92 Å². The number of aromatic nitrogens is 2. The third kappa shape index (κ3) is 4.41. The highest BCUT2D eigenvalue weighted by Crippen LogP contribution is 2.00. The Morgan fingerprint density at radius 1 is 1.69 bits per heavy atom. The number of carbonyl (C=O) groups is 1. The summed E-state index contributed by atoms with van der Waals surface area (Å²) in [6.45, 7) is 3.82. The van der Waals surface area contributed by atoms with E-state index in [0.29, 0.717) is 13.2 Å². The van der Waals surface area contributed by atoms with E-state index in [1.54, 1.807) is 0 Å². The van der Waals surface area contributed by atoms with E-state index < -0.39 is 5.91 Å². The second-order valence-corrected chi connectivity index (χ2v) is 3.60. The summed E-state index contributed by atoms with van der Waals surface area (Å²) in [6, 6.07) is 2.03. The molecule has 6 heteroatoms. The minimum Gasteiger partial charge on any atom is -0.370 e. The molecule has 0 aliphatic carbocycles. The first-order chi connectivity index (χ1) is 7.59. The van der Waals surface area contributed by atoms with Crippen LogP contribution in [-0.2, 0) is 23.1 Å². The fourth-order valence-electron chi connectivity index (χ4n) is 1.36. The molecule has 0 fully saturated rings. The van der Waals surface area contributed by atoms with Crippen molar-refractivity contribution in [1.82, 2.24) is 15.1 Å². The fourth-order valence-corrected chi connectivity index (χ4v) is 1.36. The molecule has 0 aromatic carbocycles. The van der Waals surface area contributed by atoms with Crippen molar-refractivity contribution in [2.75, 3.05) is 19.8 Å². The van der Waals surface area contributed by atoms with Crippen LogP contribution in [0.1, 0.15) is 11.4 Å². The van der Waals surface area contributed by atoms with Gasteiger partial charge in [-0.2, -0.15) is 5.10 Å². The number of aryl methyl sites for hydroxylation is 2. The van der Waals surface area contributed by atoms with Crippen molar-refractivity contribution in [1.29, 1.82) is 0 Å². The summed E-state index contributed by atoms with van der Waals surface area (Å²) in [7, 11) is 1.91. The maximum atomic E-state index is 10.4. The minimum absolute atomic E-state index is 0.0213. The van der Waals surface area contributed by atoms with Crippen LogP contribution in [0.2, 0.25) is 0 Å². The van der Waals surface area contributed by atoms with Crippen LogP contribution in [0.15, 0.2) is 6.07 Å². The van der Waals surface area contributed by atoms with Crippen LogP contribution in [0.3, 0.4) is 0 Å². The standard InChI is InChI=1S/C10H18N4O2/c1-8-5-9(14(2)13-8)6-12-3-4-16-7-10(11)15/h5,12H,3-4,6-7H2,1-2H3,(H2,11,15). The van der Waals surface area contributed by atoms with Gasteiger partial charge in [-0.3, -0.25) is 9.48 Å². The molecule has 1 rings (SSSR count). The van der Waals surface area contributed by atoms with Crippen LogP contribution in [0.4, 0.5) is 0 Å². The SMILES string of the molecule is Cc1cc(CNCCOCC(N)=O)n(C)n1. The molecule has 6 nitrogen and oxygen atoms in total. The maximum Gasteiger partial charge on any atom is 0.243 e. The normalized spacial score (nSPS) is 10.6. The summed E-state index contributed by atoms with van der Waals surface area (Å²) in [6.07, 6.45) is 0. The molecule has 16 heavy (non-hydrogen) atoms. The Bertz CT molecular complexity index is 349. The van der Waals surface area contributed by atoms with E-state index in [-0.39, 0.29) is 6.61 Å². The molecule has 1 amide bonds. The zero-order valence-electron chi connectivity index (χ0n) is 9.69. The molecule has 90 valence electrons. The van der Waals surface area contributed by atoms with E-state index in [9.17, 15) is 4.79 Å². The summed E-state index contributed by atoms with van der Waals surface area (Å²) in [5, 5.41) is 7.43. The van der Waals surface area contributed by atoms with Gasteiger partial charge in [0.1, 0.15) is 6.61 Å². The second-order valence-electron chi connectivity index (χ2n) is 3.60. The molecule has 0 atom stereocenters. The van der Waals surface area contributed by atoms with Crippen molar-refractivity contribution in [2.45, 2.75) is 13.5 Å². The molecule has 0 spiro atoms. The Morgan fingerprint density at radius 3 is 3.00 bits per heavy atom. The van der Waals surface area contributed by atoms with E-state index in [1.165, 1.54) is 0 Å². The zero-order chi connectivity index (χ0) is 12.0. The molecular formula is C10H18N4O2. The van der Waals surface area contributed by atoms with E-state index in [0.717, 1.165) is 17.9 Å². The monoisotopic (exact) mass is 226 g/mol. The lowest BCUT2D eigenvalue weighted by Gasteiger charge is -2.05. The Hall–Kier alpha value is -1.40. The first-order valence-corrected chi connectivity index (χ1v) is 5.16. The molecule has 0 bridgehead atoms. The average Bonchev–Trinajstić information content (AvgIpc) is 2.50. The molecular weight excluding hydrogens is 208 g/mol. The molecule has 1 aromatic rings. The Morgan fingerprint density at radius 2 is 2.44 bits per heavy atom. The predicted molar refractivity (Wildman–Crippen MR) is 59.7 cm³/mol. The molecule has 0 saturated heterocycles. The third-order valence-corrected chi connectivity index (χ3v) is 2.07. The van der Waals surface area contributed by atoms with E-state index in [1.807, 2.05) is 24.7 Å². The van der Waals surface area contributed by atoms with Crippen molar-refractivity contribution in [3.63, 3.8) is 0 Å². The number of nitrogens with two attached hydrogens (primary N) is 1. The maximum absolute atomic E-state index is 10.4. The highest BCUT2D eigenvalue weighted by molar-refractivity contribution is 5.74. The summed E-state index contributed by atoms with van der Waals surface area (Å²) >= 11 is 0. The van der Waals surface area contributed by atoms with Crippen molar-refractivity contribution < 1.29 is 9.53 Å². The number of hydrogen-bond donors (Lipinski definition) is 2. The average molecular weight is 226 g/mol. The summed E-state index contributed by atoms with van der Waals surface area (Å²) in [4.78, 5) is 10.4. The van der Waals surface area contributed by atoms with Gasteiger partial charge >= 0.3 is 0 Å². The number of primary amides is 1.